The average molecular weight is 443 g/mol. The van der Waals surface area contributed by atoms with Gasteiger partial charge in [0.2, 0.25) is 0 Å². The summed E-state index contributed by atoms with van der Waals surface area (Å²) in [6, 6.07) is 4.29. The molecule has 1 N–H and O–H groups in total. The molecule has 168 valence electrons. The van der Waals surface area contributed by atoms with E-state index in [0.717, 1.165) is 32.5 Å². The van der Waals surface area contributed by atoms with Gasteiger partial charge in [-0.1, -0.05) is 6.07 Å². The Hall–Kier alpha value is -1.89. The molecule has 2 saturated heterocycles. The van der Waals surface area contributed by atoms with Crippen LogP contribution in [-0.2, 0) is 9.47 Å². The molecule has 0 aliphatic carbocycles. The number of amides is 1. The lowest BCUT2D eigenvalue weighted by atomic mass is 9.86. The maximum atomic E-state index is 11.5. The summed E-state index contributed by atoms with van der Waals surface area (Å²) in [5.74, 6) is 0. The van der Waals surface area contributed by atoms with Gasteiger partial charge in [0.15, 0.2) is 0 Å². The highest BCUT2D eigenvalue weighted by Gasteiger charge is 2.42. The van der Waals surface area contributed by atoms with E-state index < -0.39 is 0 Å². The molecule has 2 aliphatic heterocycles. The number of hydrogen-bond donors (Lipinski definition) is 1. The number of nitrogens with zero attached hydrogens (tertiary/aromatic N) is 1. The zero-order valence-electron chi connectivity index (χ0n) is 19.3. The molecule has 2 aromatic rings. The first-order valence-corrected chi connectivity index (χ1v) is 12.1. The molecular weight excluding hydrogens is 408 g/mol. The number of alkyl carbamates (subject to hydrolysis) is 1. The highest BCUT2D eigenvalue weighted by Crippen LogP contribution is 2.37. The second-order valence-corrected chi connectivity index (χ2v) is 10.1. The van der Waals surface area contributed by atoms with E-state index in [-0.39, 0.29) is 17.8 Å². The van der Waals surface area contributed by atoms with Crippen LogP contribution < -0.4 is 5.32 Å². The first-order chi connectivity index (χ1) is 14.8. The second-order valence-electron chi connectivity index (χ2n) is 9.07. The van der Waals surface area contributed by atoms with Crippen molar-refractivity contribution in [3.8, 4) is 0 Å². The molecule has 2 fully saturated rings. The number of piperidine rings is 1. The van der Waals surface area contributed by atoms with E-state index in [2.05, 4.69) is 62.3 Å². The highest BCUT2D eigenvalue weighted by molar-refractivity contribution is 7.10. The number of carbonyl (C=O) groups is 1. The van der Waals surface area contributed by atoms with E-state index in [1.165, 1.54) is 38.3 Å². The van der Waals surface area contributed by atoms with Gasteiger partial charge in [-0.25, -0.2) is 4.79 Å². The largest absolute Gasteiger partial charge is 0.441 e. The first kappa shape index (κ1) is 22.3. The Bertz CT molecular complexity index is 917. The molecule has 4 rings (SSSR count). The summed E-state index contributed by atoms with van der Waals surface area (Å²) < 4.78 is 12.1. The zero-order valence-corrected chi connectivity index (χ0v) is 20.2. The van der Waals surface area contributed by atoms with Crippen molar-refractivity contribution >= 4 is 17.4 Å². The maximum Gasteiger partial charge on any atom is 0.407 e. The van der Waals surface area contributed by atoms with Gasteiger partial charge >= 0.3 is 6.09 Å². The predicted molar refractivity (Wildman–Crippen MR) is 125 cm³/mol. The van der Waals surface area contributed by atoms with Crippen LogP contribution in [0.2, 0.25) is 0 Å². The van der Waals surface area contributed by atoms with Crippen LogP contribution >= 0.6 is 11.3 Å². The maximum absolute atomic E-state index is 11.5. The fourth-order valence-electron chi connectivity index (χ4n) is 4.94. The minimum atomic E-state index is -0.293. The van der Waals surface area contributed by atoms with E-state index in [9.17, 15) is 4.79 Å². The van der Waals surface area contributed by atoms with Gasteiger partial charge in [-0.2, -0.15) is 0 Å². The van der Waals surface area contributed by atoms with Gasteiger partial charge in [0.1, 0.15) is 11.7 Å². The van der Waals surface area contributed by atoms with Gasteiger partial charge in [0.25, 0.3) is 0 Å². The van der Waals surface area contributed by atoms with Crippen LogP contribution in [0.5, 0.6) is 0 Å². The van der Waals surface area contributed by atoms with Crippen molar-refractivity contribution in [3.05, 3.63) is 55.8 Å². The molecule has 0 bridgehead atoms. The van der Waals surface area contributed by atoms with E-state index >= 15 is 0 Å². The fourth-order valence-corrected chi connectivity index (χ4v) is 5.72. The minimum Gasteiger partial charge on any atom is -0.441 e. The number of nitrogens with one attached hydrogen (secondary N) is 1. The number of ether oxygens (including phenoxy) is 2. The molecule has 1 amide bonds. The van der Waals surface area contributed by atoms with E-state index in [4.69, 9.17) is 9.47 Å². The van der Waals surface area contributed by atoms with Crippen molar-refractivity contribution in [1.29, 1.82) is 0 Å². The average Bonchev–Trinajstić information content (AvgIpc) is 3.42. The topological polar surface area (TPSA) is 50.8 Å². The minimum absolute atomic E-state index is 0.0332. The summed E-state index contributed by atoms with van der Waals surface area (Å²) in [5, 5.41) is 4.94. The predicted octanol–water partition coefficient (Wildman–Crippen LogP) is 4.97. The van der Waals surface area contributed by atoms with Gasteiger partial charge in [0.05, 0.1) is 13.2 Å². The molecule has 2 aliphatic rings. The molecular formula is C25H34N2O3S. The Labute approximate surface area is 189 Å². The van der Waals surface area contributed by atoms with Crippen LogP contribution in [0.4, 0.5) is 4.79 Å². The van der Waals surface area contributed by atoms with Gasteiger partial charge in [-0.15, -0.1) is 11.3 Å². The van der Waals surface area contributed by atoms with E-state index in [0.29, 0.717) is 13.2 Å². The van der Waals surface area contributed by atoms with Crippen LogP contribution in [0.3, 0.4) is 0 Å². The molecule has 1 spiro atoms. The van der Waals surface area contributed by atoms with Crippen molar-refractivity contribution in [3.63, 3.8) is 0 Å². The molecule has 0 saturated carbocycles. The molecule has 1 aromatic heterocycles. The summed E-state index contributed by atoms with van der Waals surface area (Å²) >= 11 is 1.76. The molecule has 6 heteroatoms. The summed E-state index contributed by atoms with van der Waals surface area (Å²) in [5.41, 5.74) is 7.83. The summed E-state index contributed by atoms with van der Waals surface area (Å²) in [7, 11) is 0. The van der Waals surface area contributed by atoms with Crippen LogP contribution in [0.25, 0.3) is 0 Å². The van der Waals surface area contributed by atoms with Crippen molar-refractivity contribution in [1.82, 2.24) is 10.2 Å². The fraction of sp³-hybridized carbons (Fsp3) is 0.560. The second kappa shape index (κ2) is 8.93. The van der Waals surface area contributed by atoms with Gasteiger partial charge in [-0.05, 0) is 79.4 Å². The van der Waals surface area contributed by atoms with Gasteiger partial charge in [-0.3, -0.25) is 0 Å². The lowest BCUT2D eigenvalue weighted by Gasteiger charge is -2.37. The van der Waals surface area contributed by atoms with E-state index in [1.807, 2.05) is 0 Å². The number of carbonyl (C=O) groups excluding carboxylic acids is 1. The molecule has 3 heterocycles. The van der Waals surface area contributed by atoms with Gasteiger partial charge in [0, 0.05) is 37.4 Å². The van der Waals surface area contributed by atoms with Gasteiger partial charge < -0.3 is 19.7 Å². The van der Waals surface area contributed by atoms with E-state index in [1.54, 1.807) is 11.3 Å². The van der Waals surface area contributed by atoms with Crippen molar-refractivity contribution in [2.24, 2.45) is 0 Å². The summed E-state index contributed by atoms with van der Waals surface area (Å²) in [6.45, 7) is 15.2. The van der Waals surface area contributed by atoms with Crippen molar-refractivity contribution < 1.29 is 14.3 Å². The Morgan fingerprint density at radius 3 is 2.29 bits per heavy atom. The number of benzene rings is 1. The smallest absolute Gasteiger partial charge is 0.407 e. The van der Waals surface area contributed by atoms with Crippen LogP contribution in [0, 0.1) is 34.6 Å². The third kappa shape index (κ3) is 4.38. The SMILES string of the molecule is Cc1c(C)c(C)c(C(OCCN2CCC3(CC2)CNC(=O)O3)c2cccs2)c(C)c1C. The number of thiophene rings is 1. The number of hydrogen-bond acceptors (Lipinski definition) is 5. The molecule has 1 atom stereocenters. The Morgan fingerprint density at radius 2 is 1.74 bits per heavy atom. The monoisotopic (exact) mass is 442 g/mol. The number of likely N-dealkylation sites (tertiary alicyclic amines) is 1. The normalized spacial score (nSPS) is 19.5. The molecule has 0 radical (unpaired) electrons. The number of rotatable bonds is 6. The molecule has 1 aromatic carbocycles. The molecule has 5 nitrogen and oxygen atoms in total. The third-order valence-corrected chi connectivity index (χ3v) is 8.36. The van der Waals surface area contributed by atoms with Crippen LogP contribution in [0.15, 0.2) is 17.5 Å². The lowest BCUT2D eigenvalue weighted by Crippen LogP contribution is -2.47. The Balaban J connectivity index is 1.45. The zero-order chi connectivity index (χ0) is 22.2. The summed E-state index contributed by atoms with van der Waals surface area (Å²) in [6.07, 6.45) is 1.46. The van der Waals surface area contributed by atoms with Crippen LogP contribution in [-0.4, -0.2) is 49.4 Å². The Morgan fingerprint density at radius 1 is 1.10 bits per heavy atom. The standard InChI is InChI=1S/C25H34N2O3S/c1-16-17(2)19(4)22(20(5)18(16)3)23(21-7-6-14-31-21)29-13-12-27-10-8-25(9-11-27)15-26-24(28)30-25/h6-7,14,23H,8-13,15H2,1-5H3,(H,26,28). The quantitative estimate of drug-likeness (QED) is 0.686. The summed E-state index contributed by atoms with van der Waals surface area (Å²) in [4.78, 5) is 15.1. The van der Waals surface area contributed by atoms with Crippen LogP contribution in [0.1, 0.15) is 57.2 Å². The molecule has 31 heavy (non-hydrogen) atoms. The first-order valence-electron chi connectivity index (χ1n) is 11.2. The third-order valence-electron chi connectivity index (χ3n) is 7.45. The van der Waals surface area contributed by atoms with Crippen molar-refractivity contribution in [2.45, 2.75) is 59.2 Å². The highest BCUT2D eigenvalue weighted by atomic mass is 32.1. The molecule has 1 unspecified atom stereocenters. The Kier molecular flexibility index (Phi) is 6.42. The van der Waals surface area contributed by atoms with Crippen molar-refractivity contribution in [2.75, 3.05) is 32.8 Å². The lowest BCUT2D eigenvalue weighted by molar-refractivity contribution is -0.0104.